The molecule has 26 heavy (non-hydrogen) atoms. The van der Waals surface area contributed by atoms with E-state index in [4.69, 9.17) is 0 Å². The second-order valence-corrected chi connectivity index (χ2v) is 7.37. The molecule has 1 aliphatic carbocycles. The van der Waals surface area contributed by atoms with E-state index < -0.39 is 0 Å². The minimum absolute atomic E-state index is 0.130. The fraction of sp³-hybridized carbons (Fsp3) is 0.217. The van der Waals surface area contributed by atoms with E-state index in [1.165, 1.54) is 11.1 Å². The van der Waals surface area contributed by atoms with Gasteiger partial charge in [0.05, 0.1) is 5.01 Å². The van der Waals surface area contributed by atoms with Gasteiger partial charge in [-0.05, 0) is 37.5 Å². The molecule has 0 aliphatic heterocycles. The van der Waals surface area contributed by atoms with Crippen molar-refractivity contribution in [3.63, 3.8) is 0 Å². The fourth-order valence-electron chi connectivity index (χ4n) is 3.19. The van der Waals surface area contributed by atoms with Crippen LogP contribution in [0.2, 0.25) is 0 Å². The van der Waals surface area contributed by atoms with Gasteiger partial charge in [0.15, 0.2) is 5.78 Å². The van der Waals surface area contributed by atoms with Crippen LogP contribution in [0.25, 0.3) is 0 Å². The molecule has 2 aromatic rings. The van der Waals surface area contributed by atoms with Gasteiger partial charge in [-0.2, -0.15) is 0 Å². The molecule has 1 aliphatic rings. The summed E-state index contributed by atoms with van der Waals surface area (Å²) in [6, 6.07) is 9.54. The van der Waals surface area contributed by atoms with Crippen molar-refractivity contribution in [3.05, 3.63) is 98.6 Å². The molecule has 0 spiro atoms. The lowest BCUT2D eigenvalue weighted by atomic mass is 9.98. The van der Waals surface area contributed by atoms with Gasteiger partial charge in [0.2, 0.25) is 0 Å². The highest BCUT2D eigenvalue weighted by Crippen LogP contribution is 2.37. The standard InChI is InChI=1S/C23H23NOS/c1-4-5-7-12-19-13-21(23(25)18-10-8-6-9-11-18)17(3)20(19)14-22-24-16(2)15-26-22/h4-12,15H,13-14H2,1-3H3/b5-4-,12-7-. The van der Waals surface area contributed by atoms with Crippen molar-refractivity contribution in [3.8, 4) is 0 Å². The molecule has 0 saturated carbocycles. The summed E-state index contributed by atoms with van der Waals surface area (Å²) in [7, 11) is 0. The molecule has 1 heterocycles. The van der Waals surface area contributed by atoms with Crippen molar-refractivity contribution in [2.75, 3.05) is 0 Å². The summed E-state index contributed by atoms with van der Waals surface area (Å²) in [6.07, 6.45) is 9.67. The molecule has 2 nitrogen and oxygen atoms in total. The Morgan fingerprint density at radius 3 is 2.62 bits per heavy atom. The van der Waals surface area contributed by atoms with Gasteiger partial charge in [-0.1, -0.05) is 54.6 Å². The minimum Gasteiger partial charge on any atom is -0.289 e. The van der Waals surface area contributed by atoms with E-state index in [2.05, 4.69) is 23.4 Å². The molecule has 132 valence electrons. The summed E-state index contributed by atoms with van der Waals surface area (Å²) in [5.74, 6) is 0.130. The first-order chi connectivity index (χ1) is 12.6. The predicted molar refractivity (Wildman–Crippen MR) is 110 cm³/mol. The summed E-state index contributed by atoms with van der Waals surface area (Å²) in [5.41, 5.74) is 6.26. The van der Waals surface area contributed by atoms with Crippen molar-refractivity contribution in [2.45, 2.75) is 33.6 Å². The van der Waals surface area contributed by atoms with Crippen LogP contribution in [0.15, 0.2) is 82.3 Å². The zero-order valence-corrected chi connectivity index (χ0v) is 16.3. The highest BCUT2D eigenvalue weighted by Gasteiger charge is 2.26. The Labute approximate surface area is 159 Å². The molecule has 3 rings (SSSR count). The number of aromatic nitrogens is 1. The lowest BCUT2D eigenvalue weighted by Crippen LogP contribution is -2.03. The minimum atomic E-state index is 0.130. The number of hydrogen-bond donors (Lipinski definition) is 0. The highest BCUT2D eigenvalue weighted by molar-refractivity contribution is 7.09. The molecule has 1 aromatic carbocycles. The van der Waals surface area contributed by atoms with Gasteiger partial charge in [-0.25, -0.2) is 4.98 Å². The van der Waals surface area contributed by atoms with E-state index in [0.717, 1.165) is 33.8 Å². The molecule has 0 amide bonds. The van der Waals surface area contributed by atoms with Crippen molar-refractivity contribution in [1.82, 2.24) is 4.98 Å². The maximum atomic E-state index is 13.0. The van der Waals surface area contributed by atoms with Crippen molar-refractivity contribution < 1.29 is 4.79 Å². The number of Topliss-reactive ketones (excluding diaryl/α,β-unsaturated/α-hetero) is 1. The molecular weight excluding hydrogens is 338 g/mol. The van der Waals surface area contributed by atoms with E-state index in [9.17, 15) is 4.79 Å². The van der Waals surface area contributed by atoms with E-state index in [0.29, 0.717) is 6.42 Å². The van der Waals surface area contributed by atoms with Crippen LogP contribution in [-0.4, -0.2) is 10.8 Å². The second-order valence-electron chi connectivity index (χ2n) is 6.42. The van der Waals surface area contributed by atoms with Crippen LogP contribution in [-0.2, 0) is 6.42 Å². The maximum absolute atomic E-state index is 13.0. The van der Waals surface area contributed by atoms with Gasteiger partial charge < -0.3 is 0 Å². The molecule has 0 N–H and O–H groups in total. The van der Waals surface area contributed by atoms with Gasteiger partial charge in [0.25, 0.3) is 0 Å². The smallest absolute Gasteiger partial charge is 0.189 e. The third-order valence-corrected chi connectivity index (χ3v) is 5.53. The Hall–Kier alpha value is -2.52. The summed E-state index contributed by atoms with van der Waals surface area (Å²) in [6.45, 7) is 6.09. The molecule has 0 atom stereocenters. The topological polar surface area (TPSA) is 30.0 Å². The third-order valence-electron chi connectivity index (χ3n) is 4.57. The Morgan fingerprint density at radius 1 is 1.19 bits per heavy atom. The lowest BCUT2D eigenvalue weighted by Gasteiger charge is -2.06. The van der Waals surface area contributed by atoms with Gasteiger partial charge in [0.1, 0.15) is 0 Å². The molecule has 0 saturated heterocycles. The van der Waals surface area contributed by atoms with Crippen LogP contribution in [0.4, 0.5) is 0 Å². The van der Waals surface area contributed by atoms with Crippen LogP contribution in [0.1, 0.15) is 41.3 Å². The first kappa shape index (κ1) is 18.3. The normalized spacial score (nSPS) is 15.0. The molecule has 0 radical (unpaired) electrons. The van der Waals surface area contributed by atoms with Crippen molar-refractivity contribution in [2.24, 2.45) is 0 Å². The lowest BCUT2D eigenvalue weighted by molar-refractivity contribution is 0.103. The Bertz CT molecular complexity index is 926. The maximum Gasteiger partial charge on any atom is 0.189 e. The fourth-order valence-corrected chi connectivity index (χ4v) is 3.97. The summed E-state index contributed by atoms with van der Waals surface area (Å²) in [5, 5.41) is 3.18. The highest BCUT2D eigenvalue weighted by atomic mass is 32.1. The number of benzene rings is 1. The van der Waals surface area contributed by atoms with Gasteiger partial charge in [0, 0.05) is 35.1 Å². The number of carbonyl (C=O) groups is 1. The molecule has 0 fully saturated rings. The zero-order valence-electron chi connectivity index (χ0n) is 15.5. The van der Waals surface area contributed by atoms with E-state index >= 15 is 0 Å². The van der Waals surface area contributed by atoms with Crippen molar-refractivity contribution >= 4 is 17.1 Å². The third kappa shape index (κ3) is 4.00. The summed E-state index contributed by atoms with van der Waals surface area (Å²) >= 11 is 1.68. The van der Waals surface area contributed by atoms with Gasteiger partial charge in [-0.3, -0.25) is 4.79 Å². The number of thiazole rings is 1. The molecule has 0 bridgehead atoms. The van der Waals surface area contributed by atoms with Crippen molar-refractivity contribution in [1.29, 1.82) is 0 Å². The van der Waals surface area contributed by atoms with Crippen LogP contribution in [0.3, 0.4) is 0 Å². The number of ketones is 1. The van der Waals surface area contributed by atoms with Crippen LogP contribution in [0, 0.1) is 6.92 Å². The number of carbonyl (C=O) groups excluding carboxylic acids is 1. The average molecular weight is 362 g/mol. The predicted octanol–water partition coefficient (Wildman–Crippen LogP) is 6.03. The van der Waals surface area contributed by atoms with Crippen LogP contribution >= 0.6 is 11.3 Å². The average Bonchev–Trinajstić information content (AvgIpc) is 3.20. The van der Waals surface area contributed by atoms with Crippen LogP contribution < -0.4 is 0 Å². The number of aryl methyl sites for hydroxylation is 1. The SMILES string of the molecule is C/C=C\C=C/C1=C(Cc2nc(C)cs2)C(C)=C(C(=O)c2ccccc2)C1. The Kier molecular flexibility index (Phi) is 5.79. The van der Waals surface area contributed by atoms with Gasteiger partial charge in [-0.15, -0.1) is 11.3 Å². The molecule has 0 unspecified atom stereocenters. The van der Waals surface area contributed by atoms with E-state index in [1.54, 1.807) is 11.3 Å². The first-order valence-electron chi connectivity index (χ1n) is 8.82. The monoisotopic (exact) mass is 361 g/mol. The quantitative estimate of drug-likeness (QED) is 0.465. The summed E-state index contributed by atoms with van der Waals surface area (Å²) < 4.78 is 0. The van der Waals surface area contributed by atoms with Crippen LogP contribution in [0.5, 0.6) is 0 Å². The summed E-state index contributed by atoms with van der Waals surface area (Å²) in [4.78, 5) is 17.6. The Balaban J connectivity index is 1.95. The molecule has 3 heteroatoms. The second kappa shape index (κ2) is 8.24. The number of nitrogens with zero attached hydrogens (tertiary/aromatic N) is 1. The van der Waals surface area contributed by atoms with E-state index in [-0.39, 0.29) is 5.78 Å². The molecular formula is C23H23NOS. The van der Waals surface area contributed by atoms with E-state index in [1.807, 2.05) is 62.4 Å². The first-order valence-corrected chi connectivity index (χ1v) is 9.70. The largest absolute Gasteiger partial charge is 0.289 e. The molecule has 1 aromatic heterocycles. The zero-order chi connectivity index (χ0) is 18.5. The van der Waals surface area contributed by atoms with Gasteiger partial charge >= 0.3 is 0 Å². The Morgan fingerprint density at radius 2 is 1.96 bits per heavy atom. The number of allylic oxidation sites excluding steroid dienone is 8. The number of rotatable bonds is 6. The number of hydrogen-bond acceptors (Lipinski definition) is 3.